The van der Waals surface area contributed by atoms with Gasteiger partial charge in [0.05, 0.1) is 29.6 Å². The number of nitriles is 1. The Morgan fingerprint density at radius 2 is 1.69 bits per heavy atom. The Kier molecular flexibility index (Phi) is 10.5. The van der Waals surface area contributed by atoms with Gasteiger partial charge in [-0.1, -0.05) is 38.1 Å². The first-order valence-electron chi connectivity index (χ1n) is 15.7. The topological polar surface area (TPSA) is 84.7 Å². The highest BCUT2D eigenvalue weighted by Gasteiger charge is 2.38. The molecule has 0 aliphatic carbocycles. The molecule has 1 aromatic heterocycles. The Labute approximate surface area is 267 Å². The van der Waals surface area contributed by atoms with E-state index >= 15 is 0 Å². The third-order valence-electron chi connectivity index (χ3n) is 7.94. The Bertz CT molecular complexity index is 1510. The van der Waals surface area contributed by atoms with Crippen molar-refractivity contribution in [2.75, 3.05) is 24.6 Å². The maximum Gasteiger partial charge on any atom is 0.340 e. The Balaban J connectivity index is 1.79. The third kappa shape index (κ3) is 8.82. The highest BCUT2D eigenvalue weighted by molar-refractivity contribution is 5.89. The van der Waals surface area contributed by atoms with Gasteiger partial charge in [0.1, 0.15) is 23.3 Å². The summed E-state index contributed by atoms with van der Waals surface area (Å²) in [5.41, 5.74) is 4.29. The van der Waals surface area contributed by atoms with Gasteiger partial charge >= 0.3 is 5.97 Å². The molecule has 0 radical (unpaired) electrons. The number of hydrogen-bond donors (Lipinski definition) is 0. The molecule has 4 rings (SSSR count). The van der Waals surface area contributed by atoms with Gasteiger partial charge in [-0.2, -0.15) is 5.26 Å². The second-order valence-electron chi connectivity index (χ2n) is 13.8. The quantitative estimate of drug-likeness (QED) is 0.213. The van der Waals surface area contributed by atoms with Gasteiger partial charge in [-0.25, -0.2) is 14.2 Å². The monoisotopic (exact) mass is 615 g/mol. The van der Waals surface area contributed by atoms with Crippen LogP contribution in [0.3, 0.4) is 0 Å². The zero-order valence-corrected chi connectivity index (χ0v) is 27.9. The summed E-state index contributed by atoms with van der Waals surface area (Å²) < 4.78 is 31.4. The standard InChI is InChI=1S/C37H46FN3O4/c1-24(2)44-35(42)34(45-36(4,5)6)32-30(23-39)40-25(3)31(33(32)41-20-18-37(7,8)19-21-41)27-11-15-29(16-12-27)43-22-17-26-9-13-28(38)14-10-26/h9-16,24,34H,17-22H2,1-8H3/t34-/m0/s1. The van der Waals surface area contributed by atoms with Gasteiger partial charge in [0.25, 0.3) is 0 Å². The smallest absolute Gasteiger partial charge is 0.340 e. The molecule has 2 aromatic carbocycles. The lowest BCUT2D eigenvalue weighted by Gasteiger charge is -2.41. The van der Waals surface area contributed by atoms with E-state index in [2.05, 4.69) is 24.8 Å². The molecule has 0 bridgehead atoms. The number of benzene rings is 2. The summed E-state index contributed by atoms with van der Waals surface area (Å²) in [7, 11) is 0. The molecule has 0 N–H and O–H groups in total. The molecular formula is C37H46FN3O4. The van der Waals surface area contributed by atoms with Crippen LogP contribution in [0, 0.1) is 29.5 Å². The SMILES string of the molecule is Cc1nc(C#N)c([C@H](OC(C)(C)C)C(=O)OC(C)C)c(N2CCC(C)(C)CC2)c1-c1ccc(OCCc2ccc(F)cc2)cc1. The molecule has 1 aliphatic rings. The van der Waals surface area contributed by atoms with E-state index in [4.69, 9.17) is 19.2 Å². The molecule has 0 spiro atoms. The number of hydrogen-bond acceptors (Lipinski definition) is 7. The summed E-state index contributed by atoms with van der Waals surface area (Å²) in [4.78, 5) is 20.7. The zero-order chi connectivity index (χ0) is 32.9. The van der Waals surface area contributed by atoms with Crippen LogP contribution in [0.25, 0.3) is 11.1 Å². The normalized spacial score (nSPS) is 15.4. The molecule has 1 saturated heterocycles. The molecule has 45 heavy (non-hydrogen) atoms. The lowest BCUT2D eigenvalue weighted by Crippen LogP contribution is -2.39. The minimum absolute atomic E-state index is 0.159. The molecule has 0 unspecified atom stereocenters. The molecular weight excluding hydrogens is 569 g/mol. The van der Waals surface area contributed by atoms with Gasteiger partial charge in [0.2, 0.25) is 0 Å². The highest BCUT2D eigenvalue weighted by Crippen LogP contribution is 2.45. The van der Waals surface area contributed by atoms with E-state index in [9.17, 15) is 14.4 Å². The predicted molar refractivity (Wildman–Crippen MR) is 175 cm³/mol. The van der Waals surface area contributed by atoms with Crippen molar-refractivity contribution in [2.24, 2.45) is 5.41 Å². The predicted octanol–water partition coefficient (Wildman–Crippen LogP) is 8.12. The van der Waals surface area contributed by atoms with Crippen LogP contribution in [0.2, 0.25) is 0 Å². The fourth-order valence-electron chi connectivity index (χ4n) is 5.57. The summed E-state index contributed by atoms with van der Waals surface area (Å²) >= 11 is 0. The molecule has 0 saturated carbocycles. The number of pyridine rings is 1. The minimum atomic E-state index is -1.15. The number of halogens is 1. The molecule has 2 heterocycles. The van der Waals surface area contributed by atoms with Gasteiger partial charge in [-0.05, 0) is 95.2 Å². The van der Waals surface area contributed by atoms with Crippen LogP contribution in [-0.4, -0.2) is 42.4 Å². The van der Waals surface area contributed by atoms with Crippen molar-refractivity contribution in [3.8, 4) is 22.9 Å². The molecule has 1 aliphatic heterocycles. The van der Waals surface area contributed by atoms with E-state index < -0.39 is 17.7 Å². The number of rotatable bonds is 10. The van der Waals surface area contributed by atoms with Crippen molar-refractivity contribution in [3.05, 3.63) is 76.9 Å². The summed E-state index contributed by atoms with van der Waals surface area (Å²) in [6, 6.07) is 16.5. The van der Waals surface area contributed by atoms with Crippen LogP contribution in [-0.2, 0) is 20.7 Å². The number of ether oxygens (including phenoxy) is 3. The first kappa shape index (κ1) is 33.9. The number of carbonyl (C=O) groups excluding carboxylic acids is 1. The Morgan fingerprint density at radius 3 is 2.24 bits per heavy atom. The third-order valence-corrected chi connectivity index (χ3v) is 7.94. The van der Waals surface area contributed by atoms with Crippen LogP contribution in [0.1, 0.15) is 89.9 Å². The summed E-state index contributed by atoms with van der Waals surface area (Å²) in [6.45, 7) is 17.7. The fourth-order valence-corrected chi connectivity index (χ4v) is 5.57. The van der Waals surface area contributed by atoms with Crippen molar-refractivity contribution < 1.29 is 23.4 Å². The van der Waals surface area contributed by atoms with Gasteiger partial charge < -0.3 is 19.1 Å². The van der Waals surface area contributed by atoms with Crippen molar-refractivity contribution in [3.63, 3.8) is 0 Å². The summed E-state index contributed by atoms with van der Waals surface area (Å²) in [5, 5.41) is 10.4. The second-order valence-corrected chi connectivity index (χ2v) is 13.8. The van der Waals surface area contributed by atoms with E-state index in [0.717, 1.165) is 48.3 Å². The molecule has 0 amide bonds. The number of piperidine rings is 1. The molecule has 1 atom stereocenters. The van der Waals surface area contributed by atoms with Crippen molar-refractivity contribution in [1.82, 2.24) is 4.98 Å². The lowest BCUT2D eigenvalue weighted by molar-refractivity contribution is -0.171. The van der Waals surface area contributed by atoms with Crippen molar-refractivity contribution in [1.29, 1.82) is 5.26 Å². The van der Waals surface area contributed by atoms with Crippen LogP contribution >= 0.6 is 0 Å². The van der Waals surface area contributed by atoms with E-state index in [1.54, 1.807) is 26.0 Å². The Morgan fingerprint density at radius 1 is 1.07 bits per heavy atom. The fraction of sp³-hybridized carbons (Fsp3) is 0.486. The van der Waals surface area contributed by atoms with E-state index in [1.807, 2.05) is 52.0 Å². The molecule has 240 valence electrons. The average molecular weight is 616 g/mol. The van der Waals surface area contributed by atoms with E-state index in [0.29, 0.717) is 30.0 Å². The molecule has 3 aromatic rings. The lowest BCUT2D eigenvalue weighted by atomic mass is 9.81. The Hall–Kier alpha value is -3.96. The summed E-state index contributed by atoms with van der Waals surface area (Å²) in [6.07, 6.45) is 1.06. The molecule has 1 fully saturated rings. The second kappa shape index (κ2) is 14.0. The van der Waals surface area contributed by atoms with Crippen LogP contribution in [0.4, 0.5) is 10.1 Å². The molecule has 7 nitrogen and oxygen atoms in total. The van der Waals surface area contributed by atoms with Gasteiger partial charge in [-0.3, -0.25) is 0 Å². The number of esters is 1. The van der Waals surface area contributed by atoms with E-state index in [1.165, 1.54) is 12.1 Å². The zero-order valence-electron chi connectivity index (χ0n) is 27.9. The minimum Gasteiger partial charge on any atom is -0.493 e. The number of nitrogens with zero attached hydrogens (tertiary/aromatic N) is 3. The van der Waals surface area contributed by atoms with Gasteiger partial charge in [-0.15, -0.1) is 0 Å². The highest BCUT2D eigenvalue weighted by atomic mass is 19.1. The summed E-state index contributed by atoms with van der Waals surface area (Å²) in [5.74, 6) is -0.0978. The largest absolute Gasteiger partial charge is 0.493 e. The van der Waals surface area contributed by atoms with Crippen LogP contribution in [0.5, 0.6) is 5.75 Å². The maximum absolute atomic E-state index is 13.7. The first-order valence-corrected chi connectivity index (χ1v) is 15.7. The van der Waals surface area contributed by atoms with Crippen molar-refractivity contribution in [2.45, 2.75) is 92.5 Å². The number of anilines is 1. The number of carbonyl (C=O) groups is 1. The van der Waals surface area contributed by atoms with Gasteiger partial charge in [0.15, 0.2) is 6.10 Å². The average Bonchev–Trinajstić information content (AvgIpc) is 2.96. The van der Waals surface area contributed by atoms with Crippen LogP contribution < -0.4 is 9.64 Å². The number of aromatic nitrogens is 1. The molecule has 8 heteroatoms. The first-order chi connectivity index (χ1) is 21.2. The maximum atomic E-state index is 13.7. The van der Waals surface area contributed by atoms with Gasteiger partial charge in [0, 0.05) is 30.8 Å². The van der Waals surface area contributed by atoms with Crippen molar-refractivity contribution >= 4 is 11.7 Å². The van der Waals surface area contributed by atoms with E-state index in [-0.39, 0.29) is 23.0 Å². The number of aryl methyl sites for hydroxylation is 1. The van der Waals surface area contributed by atoms with Crippen LogP contribution in [0.15, 0.2) is 48.5 Å².